The van der Waals surface area contributed by atoms with E-state index in [0.29, 0.717) is 17.8 Å². The van der Waals surface area contributed by atoms with Crippen LogP contribution in [0.25, 0.3) is 0 Å². The number of nitrogens with one attached hydrogen (secondary N) is 2. The molecule has 0 saturated heterocycles. The highest BCUT2D eigenvalue weighted by atomic mass is 32.2. The SMILES string of the molecule is C=CCO[C@H](C)C(=O)Nc1cccc(NS(=O)(=O)CCC)c1. The van der Waals surface area contributed by atoms with E-state index in [4.69, 9.17) is 4.74 Å². The van der Waals surface area contributed by atoms with Crippen LogP contribution in [-0.2, 0) is 19.6 Å². The molecule has 0 radical (unpaired) electrons. The molecule has 1 aromatic rings. The monoisotopic (exact) mass is 326 g/mol. The summed E-state index contributed by atoms with van der Waals surface area (Å²) >= 11 is 0. The van der Waals surface area contributed by atoms with Gasteiger partial charge in [-0.25, -0.2) is 8.42 Å². The van der Waals surface area contributed by atoms with Gasteiger partial charge in [-0.2, -0.15) is 0 Å². The highest BCUT2D eigenvalue weighted by Crippen LogP contribution is 2.17. The van der Waals surface area contributed by atoms with Crippen molar-refractivity contribution in [1.29, 1.82) is 0 Å². The maximum Gasteiger partial charge on any atom is 0.253 e. The standard InChI is InChI=1S/C15H22N2O4S/c1-4-9-21-12(3)15(18)16-13-7-6-8-14(11-13)17-22(19,20)10-5-2/h4,6-8,11-12,17H,1,5,9-10H2,2-3H3,(H,16,18)/t12-/m1/s1. The quantitative estimate of drug-likeness (QED) is 0.682. The van der Waals surface area contributed by atoms with Crippen LogP contribution in [0.3, 0.4) is 0 Å². The average Bonchev–Trinajstić information content (AvgIpc) is 2.44. The smallest absolute Gasteiger partial charge is 0.253 e. The Kier molecular flexibility index (Phi) is 7.07. The highest BCUT2D eigenvalue weighted by Gasteiger charge is 2.14. The summed E-state index contributed by atoms with van der Waals surface area (Å²) in [5, 5.41) is 2.68. The van der Waals surface area contributed by atoms with E-state index in [1.807, 2.05) is 0 Å². The Balaban J connectivity index is 2.72. The van der Waals surface area contributed by atoms with Gasteiger partial charge in [-0.05, 0) is 31.5 Å². The molecule has 22 heavy (non-hydrogen) atoms. The molecule has 1 amide bonds. The minimum atomic E-state index is -3.36. The Bertz CT molecular complexity index is 614. The Morgan fingerprint density at radius 3 is 2.73 bits per heavy atom. The van der Waals surface area contributed by atoms with Crippen molar-refractivity contribution in [3.63, 3.8) is 0 Å². The first-order valence-electron chi connectivity index (χ1n) is 7.02. The molecule has 0 bridgehead atoms. The van der Waals surface area contributed by atoms with Crippen LogP contribution in [0.2, 0.25) is 0 Å². The predicted octanol–water partition coefficient (Wildman–Crippen LogP) is 2.37. The third kappa shape index (κ3) is 6.28. The van der Waals surface area contributed by atoms with E-state index < -0.39 is 16.1 Å². The van der Waals surface area contributed by atoms with Gasteiger partial charge in [0.1, 0.15) is 6.10 Å². The second-order valence-electron chi connectivity index (χ2n) is 4.76. The third-order valence-corrected chi connectivity index (χ3v) is 4.20. The molecule has 1 rings (SSSR count). The second-order valence-corrected chi connectivity index (χ2v) is 6.60. The Labute approximate surface area is 131 Å². The van der Waals surface area contributed by atoms with Crippen molar-refractivity contribution >= 4 is 27.3 Å². The molecule has 2 N–H and O–H groups in total. The molecule has 0 aliphatic rings. The highest BCUT2D eigenvalue weighted by molar-refractivity contribution is 7.92. The first kappa shape index (κ1) is 18.2. The second kappa shape index (κ2) is 8.55. The third-order valence-electron chi connectivity index (χ3n) is 2.71. The van der Waals surface area contributed by atoms with Gasteiger partial charge in [-0.1, -0.05) is 19.1 Å². The molecular formula is C15H22N2O4S. The summed E-state index contributed by atoms with van der Waals surface area (Å²) in [6.45, 7) is 7.22. The maximum absolute atomic E-state index is 11.9. The van der Waals surface area contributed by atoms with Crippen LogP contribution in [0.4, 0.5) is 11.4 Å². The van der Waals surface area contributed by atoms with Gasteiger partial charge in [0.05, 0.1) is 18.0 Å². The van der Waals surface area contributed by atoms with Gasteiger partial charge in [0.25, 0.3) is 5.91 Å². The number of amides is 1. The lowest BCUT2D eigenvalue weighted by atomic mass is 10.2. The van der Waals surface area contributed by atoms with Crippen molar-refractivity contribution in [1.82, 2.24) is 0 Å². The summed E-state index contributed by atoms with van der Waals surface area (Å²) in [7, 11) is -3.36. The summed E-state index contributed by atoms with van der Waals surface area (Å²) in [5.41, 5.74) is 0.904. The van der Waals surface area contributed by atoms with E-state index in [0.717, 1.165) is 0 Å². The van der Waals surface area contributed by atoms with Crippen LogP contribution in [0.1, 0.15) is 20.3 Å². The summed E-state index contributed by atoms with van der Waals surface area (Å²) in [5.74, 6) is -0.258. The molecule has 1 atom stereocenters. The van der Waals surface area contributed by atoms with Crippen molar-refractivity contribution in [2.75, 3.05) is 22.4 Å². The zero-order valence-electron chi connectivity index (χ0n) is 12.8. The summed E-state index contributed by atoms with van der Waals surface area (Å²) in [6, 6.07) is 6.52. The van der Waals surface area contributed by atoms with Crippen molar-refractivity contribution in [2.24, 2.45) is 0 Å². The lowest BCUT2D eigenvalue weighted by molar-refractivity contribution is -0.125. The van der Waals surface area contributed by atoms with Crippen molar-refractivity contribution < 1.29 is 17.9 Å². The van der Waals surface area contributed by atoms with Gasteiger partial charge in [-0.15, -0.1) is 6.58 Å². The zero-order valence-corrected chi connectivity index (χ0v) is 13.7. The fraction of sp³-hybridized carbons (Fsp3) is 0.400. The van der Waals surface area contributed by atoms with Crippen LogP contribution in [0.15, 0.2) is 36.9 Å². The topological polar surface area (TPSA) is 84.5 Å². The Hall–Kier alpha value is -1.86. The lowest BCUT2D eigenvalue weighted by Crippen LogP contribution is -2.27. The van der Waals surface area contributed by atoms with E-state index in [1.165, 1.54) is 0 Å². The molecule has 0 saturated carbocycles. The first-order valence-corrected chi connectivity index (χ1v) is 8.67. The molecule has 0 unspecified atom stereocenters. The fourth-order valence-electron chi connectivity index (χ4n) is 1.69. The van der Waals surface area contributed by atoms with Crippen LogP contribution >= 0.6 is 0 Å². The van der Waals surface area contributed by atoms with Gasteiger partial charge < -0.3 is 10.1 Å². The molecule has 7 heteroatoms. The van der Waals surface area contributed by atoms with Crippen LogP contribution in [0, 0.1) is 0 Å². The van der Waals surface area contributed by atoms with Crippen LogP contribution in [-0.4, -0.2) is 32.8 Å². The Morgan fingerprint density at radius 1 is 1.41 bits per heavy atom. The minimum absolute atomic E-state index is 0.0516. The largest absolute Gasteiger partial charge is 0.365 e. The number of carbonyl (C=O) groups excluding carboxylic acids is 1. The zero-order chi connectivity index (χ0) is 16.6. The minimum Gasteiger partial charge on any atom is -0.365 e. The number of anilines is 2. The van der Waals surface area contributed by atoms with E-state index in [1.54, 1.807) is 44.2 Å². The maximum atomic E-state index is 11.9. The first-order chi connectivity index (χ1) is 10.4. The molecule has 1 aromatic carbocycles. The Morgan fingerprint density at radius 2 is 2.09 bits per heavy atom. The van der Waals surface area contributed by atoms with E-state index in [-0.39, 0.29) is 18.3 Å². The number of hydrogen-bond acceptors (Lipinski definition) is 4. The number of carbonyl (C=O) groups is 1. The molecule has 122 valence electrons. The van der Waals surface area contributed by atoms with Gasteiger partial charge in [0.15, 0.2) is 0 Å². The number of rotatable bonds is 9. The molecule has 0 spiro atoms. The predicted molar refractivity (Wildman–Crippen MR) is 88.4 cm³/mol. The van der Waals surface area contributed by atoms with E-state index in [2.05, 4.69) is 16.6 Å². The molecule has 0 fully saturated rings. The lowest BCUT2D eigenvalue weighted by Gasteiger charge is -2.13. The van der Waals surface area contributed by atoms with Crippen molar-refractivity contribution in [2.45, 2.75) is 26.4 Å². The molecule has 6 nitrogen and oxygen atoms in total. The molecule has 0 heterocycles. The normalized spacial score (nSPS) is 12.5. The van der Waals surface area contributed by atoms with Gasteiger partial charge in [0.2, 0.25) is 10.0 Å². The van der Waals surface area contributed by atoms with Crippen molar-refractivity contribution in [3.05, 3.63) is 36.9 Å². The number of sulfonamides is 1. The van der Waals surface area contributed by atoms with E-state index in [9.17, 15) is 13.2 Å². The molecule has 0 aromatic heterocycles. The number of hydrogen-bond donors (Lipinski definition) is 2. The summed E-state index contributed by atoms with van der Waals surface area (Å²) in [6.07, 6.45) is 1.47. The molecule has 0 aliphatic carbocycles. The number of ether oxygens (including phenoxy) is 1. The van der Waals surface area contributed by atoms with Gasteiger partial charge in [0, 0.05) is 5.69 Å². The van der Waals surface area contributed by atoms with Crippen LogP contribution < -0.4 is 10.0 Å². The summed E-state index contributed by atoms with van der Waals surface area (Å²) in [4.78, 5) is 11.9. The van der Waals surface area contributed by atoms with Gasteiger partial charge >= 0.3 is 0 Å². The number of benzene rings is 1. The molecule has 0 aliphatic heterocycles. The average molecular weight is 326 g/mol. The summed E-state index contributed by atoms with van der Waals surface area (Å²) < 4.78 is 31.2. The van der Waals surface area contributed by atoms with Gasteiger partial charge in [-0.3, -0.25) is 9.52 Å². The van der Waals surface area contributed by atoms with Crippen LogP contribution in [0.5, 0.6) is 0 Å². The van der Waals surface area contributed by atoms with E-state index >= 15 is 0 Å². The van der Waals surface area contributed by atoms with Crippen molar-refractivity contribution in [3.8, 4) is 0 Å². The fourth-order valence-corrected chi connectivity index (χ4v) is 2.82. The molecular weight excluding hydrogens is 304 g/mol.